The standard InChI is InChI=1S/C16H26N6S.HI/c1-12(2)10-18-16(17-8-7-14-6-5-9-23-14)19-11-15-21-20-13(3)22(15)4;/h5-6,9,12H,7-8,10-11H2,1-4H3,(H2,17,18,19);1H. The Morgan fingerprint density at radius 2 is 2.12 bits per heavy atom. The third-order valence-corrected chi connectivity index (χ3v) is 4.42. The number of rotatable bonds is 7. The minimum absolute atomic E-state index is 0. The zero-order valence-corrected chi connectivity index (χ0v) is 17.9. The first-order valence-electron chi connectivity index (χ1n) is 7.95. The van der Waals surface area contributed by atoms with Gasteiger partial charge in [-0.25, -0.2) is 4.99 Å². The number of halogens is 1. The van der Waals surface area contributed by atoms with Gasteiger partial charge in [-0.05, 0) is 30.7 Å². The van der Waals surface area contributed by atoms with Gasteiger partial charge in [0.1, 0.15) is 12.4 Å². The Morgan fingerprint density at radius 1 is 1.33 bits per heavy atom. The molecular weight excluding hydrogens is 435 g/mol. The van der Waals surface area contributed by atoms with Gasteiger partial charge in [-0.15, -0.1) is 45.5 Å². The number of guanidine groups is 1. The van der Waals surface area contributed by atoms with Crippen LogP contribution in [0.15, 0.2) is 22.5 Å². The van der Waals surface area contributed by atoms with E-state index >= 15 is 0 Å². The van der Waals surface area contributed by atoms with Crippen molar-refractivity contribution in [2.45, 2.75) is 33.7 Å². The molecule has 0 unspecified atom stereocenters. The predicted molar refractivity (Wildman–Crippen MR) is 111 cm³/mol. The van der Waals surface area contributed by atoms with Gasteiger partial charge in [0.2, 0.25) is 0 Å². The fourth-order valence-corrected chi connectivity index (χ4v) is 2.68. The summed E-state index contributed by atoms with van der Waals surface area (Å²) in [5.74, 6) is 3.16. The van der Waals surface area contributed by atoms with Gasteiger partial charge in [0, 0.05) is 25.0 Å². The van der Waals surface area contributed by atoms with Crippen LogP contribution in [0.25, 0.3) is 0 Å². The van der Waals surface area contributed by atoms with Crippen LogP contribution in [-0.2, 0) is 20.0 Å². The molecule has 2 aromatic heterocycles. The molecule has 0 aliphatic carbocycles. The molecule has 0 fully saturated rings. The van der Waals surface area contributed by atoms with E-state index in [2.05, 4.69) is 57.2 Å². The number of nitrogens with one attached hydrogen (secondary N) is 2. The molecule has 0 aliphatic rings. The van der Waals surface area contributed by atoms with Gasteiger partial charge in [0.05, 0.1) is 0 Å². The molecule has 2 rings (SSSR count). The number of thiophene rings is 1. The van der Waals surface area contributed by atoms with Crippen molar-refractivity contribution in [1.82, 2.24) is 25.4 Å². The van der Waals surface area contributed by atoms with Gasteiger partial charge >= 0.3 is 0 Å². The number of aryl methyl sites for hydroxylation is 1. The highest BCUT2D eigenvalue weighted by Crippen LogP contribution is 2.08. The van der Waals surface area contributed by atoms with Gasteiger partial charge in [-0.2, -0.15) is 0 Å². The number of hydrogen-bond donors (Lipinski definition) is 2. The van der Waals surface area contributed by atoms with Gasteiger partial charge in [0.15, 0.2) is 11.8 Å². The normalized spacial score (nSPS) is 11.5. The van der Waals surface area contributed by atoms with Crippen molar-refractivity contribution >= 4 is 41.3 Å². The Morgan fingerprint density at radius 3 is 2.71 bits per heavy atom. The molecule has 0 spiro atoms. The maximum atomic E-state index is 4.63. The number of hydrogen-bond acceptors (Lipinski definition) is 4. The summed E-state index contributed by atoms with van der Waals surface area (Å²) in [6.07, 6.45) is 1.00. The summed E-state index contributed by atoms with van der Waals surface area (Å²) < 4.78 is 1.97. The molecule has 0 amide bonds. The van der Waals surface area contributed by atoms with Crippen molar-refractivity contribution in [2.75, 3.05) is 13.1 Å². The van der Waals surface area contributed by atoms with Crippen molar-refractivity contribution in [3.63, 3.8) is 0 Å². The van der Waals surface area contributed by atoms with E-state index in [0.29, 0.717) is 12.5 Å². The smallest absolute Gasteiger partial charge is 0.191 e. The maximum absolute atomic E-state index is 4.63. The molecule has 0 aliphatic heterocycles. The SMILES string of the molecule is Cc1nnc(CN=C(NCCc2cccs2)NCC(C)C)n1C.I. The number of aromatic nitrogens is 3. The molecule has 0 aromatic carbocycles. The lowest BCUT2D eigenvalue weighted by Gasteiger charge is -2.14. The van der Waals surface area contributed by atoms with Crippen LogP contribution in [0.4, 0.5) is 0 Å². The van der Waals surface area contributed by atoms with Crippen LogP contribution in [0.2, 0.25) is 0 Å². The Balaban J connectivity index is 0.00000288. The Bertz CT molecular complexity index is 621. The van der Waals surface area contributed by atoms with Crippen LogP contribution in [-0.4, -0.2) is 33.8 Å². The third-order valence-electron chi connectivity index (χ3n) is 3.48. The molecule has 134 valence electrons. The summed E-state index contributed by atoms with van der Waals surface area (Å²) in [5.41, 5.74) is 0. The van der Waals surface area contributed by atoms with E-state index in [0.717, 1.165) is 37.1 Å². The zero-order valence-electron chi connectivity index (χ0n) is 14.7. The van der Waals surface area contributed by atoms with Crippen LogP contribution in [0.1, 0.15) is 30.4 Å². The molecule has 24 heavy (non-hydrogen) atoms. The Hall–Kier alpha value is -1.16. The second-order valence-electron chi connectivity index (χ2n) is 5.92. The minimum Gasteiger partial charge on any atom is -0.356 e. The average Bonchev–Trinajstić information content (AvgIpc) is 3.13. The maximum Gasteiger partial charge on any atom is 0.191 e. The van der Waals surface area contributed by atoms with Gasteiger partial charge < -0.3 is 15.2 Å². The molecule has 2 aromatic rings. The first-order chi connectivity index (χ1) is 11.1. The summed E-state index contributed by atoms with van der Waals surface area (Å²) in [7, 11) is 1.96. The molecule has 2 N–H and O–H groups in total. The predicted octanol–water partition coefficient (Wildman–Crippen LogP) is 2.74. The van der Waals surface area contributed by atoms with E-state index in [1.807, 2.05) is 18.5 Å². The lowest BCUT2D eigenvalue weighted by atomic mass is 10.2. The summed E-state index contributed by atoms with van der Waals surface area (Å²) in [5, 5.41) is 17.1. The molecule has 0 bridgehead atoms. The van der Waals surface area contributed by atoms with Gasteiger partial charge in [-0.1, -0.05) is 19.9 Å². The highest BCUT2D eigenvalue weighted by molar-refractivity contribution is 14.0. The van der Waals surface area contributed by atoms with Crippen LogP contribution in [0.5, 0.6) is 0 Å². The number of nitrogens with zero attached hydrogens (tertiary/aromatic N) is 4. The van der Waals surface area contributed by atoms with Crippen LogP contribution >= 0.6 is 35.3 Å². The highest BCUT2D eigenvalue weighted by atomic mass is 127. The average molecular weight is 462 g/mol. The summed E-state index contributed by atoms with van der Waals surface area (Å²) in [6, 6.07) is 4.25. The molecule has 6 nitrogen and oxygen atoms in total. The lowest BCUT2D eigenvalue weighted by Crippen LogP contribution is -2.40. The fraction of sp³-hybridized carbons (Fsp3) is 0.562. The van der Waals surface area contributed by atoms with E-state index in [4.69, 9.17) is 0 Å². The van der Waals surface area contributed by atoms with E-state index in [1.165, 1.54) is 4.88 Å². The summed E-state index contributed by atoms with van der Waals surface area (Å²) >= 11 is 1.79. The second kappa shape index (κ2) is 10.7. The van der Waals surface area contributed by atoms with Crippen LogP contribution < -0.4 is 10.6 Å². The third kappa shape index (κ3) is 6.76. The zero-order chi connectivity index (χ0) is 16.7. The van der Waals surface area contributed by atoms with Crippen LogP contribution in [0, 0.1) is 12.8 Å². The quantitative estimate of drug-likeness (QED) is 0.377. The topological polar surface area (TPSA) is 67.1 Å². The minimum atomic E-state index is 0. The molecule has 0 saturated heterocycles. The second-order valence-corrected chi connectivity index (χ2v) is 6.95. The molecule has 0 atom stereocenters. The molecule has 8 heteroatoms. The Labute approximate surface area is 165 Å². The van der Waals surface area contributed by atoms with Crippen molar-refractivity contribution < 1.29 is 0 Å². The van der Waals surface area contributed by atoms with E-state index < -0.39 is 0 Å². The highest BCUT2D eigenvalue weighted by Gasteiger charge is 2.06. The molecule has 0 radical (unpaired) electrons. The molecule has 0 saturated carbocycles. The number of aliphatic imine (C=N–C) groups is 1. The fourth-order valence-electron chi connectivity index (χ4n) is 1.97. The van der Waals surface area contributed by atoms with Crippen molar-refractivity contribution in [3.05, 3.63) is 34.0 Å². The van der Waals surface area contributed by atoms with E-state index in [9.17, 15) is 0 Å². The lowest BCUT2D eigenvalue weighted by molar-refractivity contribution is 0.612. The summed E-state index contributed by atoms with van der Waals surface area (Å²) in [6.45, 7) is 8.58. The van der Waals surface area contributed by atoms with Crippen molar-refractivity contribution in [3.8, 4) is 0 Å². The van der Waals surface area contributed by atoms with Crippen molar-refractivity contribution in [2.24, 2.45) is 18.0 Å². The monoisotopic (exact) mass is 462 g/mol. The van der Waals surface area contributed by atoms with Crippen LogP contribution in [0.3, 0.4) is 0 Å². The van der Waals surface area contributed by atoms with Gasteiger partial charge in [0.25, 0.3) is 0 Å². The summed E-state index contributed by atoms with van der Waals surface area (Å²) in [4.78, 5) is 6.01. The molecule has 2 heterocycles. The van der Waals surface area contributed by atoms with Crippen molar-refractivity contribution in [1.29, 1.82) is 0 Å². The first kappa shape index (κ1) is 20.9. The van der Waals surface area contributed by atoms with Gasteiger partial charge in [-0.3, -0.25) is 0 Å². The van der Waals surface area contributed by atoms with E-state index in [-0.39, 0.29) is 24.0 Å². The largest absolute Gasteiger partial charge is 0.356 e. The Kier molecular flexibility index (Phi) is 9.27. The molecular formula is C16H27IN6S. The first-order valence-corrected chi connectivity index (χ1v) is 8.83. The van der Waals surface area contributed by atoms with E-state index in [1.54, 1.807) is 11.3 Å².